The van der Waals surface area contributed by atoms with Gasteiger partial charge < -0.3 is 5.32 Å². The fourth-order valence-corrected chi connectivity index (χ4v) is 3.71. The highest BCUT2D eigenvalue weighted by molar-refractivity contribution is 7.20. The van der Waals surface area contributed by atoms with E-state index in [1.165, 1.54) is 21.4 Å². The fourth-order valence-electron chi connectivity index (χ4n) is 2.76. The number of fused-ring (bicyclic) bond motifs is 1. The molecule has 132 valence electrons. The Morgan fingerprint density at radius 1 is 1.28 bits per heavy atom. The van der Waals surface area contributed by atoms with Crippen molar-refractivity contribution in [2.45, 2.75) is 39.0 Å². The van der Waals surface area contributed by atoms with Crippen molar-refractivity contribution in [2.24, 2.45) is 0 Å². The van der Waals surface area contributed by atoms with Crippen LogP contribution in [0.3, 0.4) is 0 Å². The number of rotatable bonds is 7. The van der Waals surface area contributed by atoms with Crippen LogP contribution in [0.15, 0.2) is 35.1 Å². The summed E-state index contributed by atoms with van der Waals surface area (Å²) in [5, 5.41) is 9.16. The Hall–Kier alpha value is -1.92. The molecule has 0 saturated carbocycles. The monoisotopic (exact) mass is 376 g/mol. The van der Waals surface area contributed by atoms with E-state index in [4.69, 9.17) is 11.6 Å². The molecule has 0 amide bonds. The fraction of sp³-hybridized carbons (Fsp3) is 0.389. The lowest BCUT2D eigenvalue weighted by Crippen LogP contribution is -2.16. The second-order valence-electron chi connectivity index (χ2n) is 5.97. The number of aryl methyl sites for hydroxylation is 1. The Balaban J connectivity index is 1.77. The summed E-state index contributed by atoms with van der Waals surface area (Å²) in [7, 11) is 0. The van der Waals surface area contributed by atoms with Crippen LogP contribution in [0.5, 0.6) is 0 Å². The van der Waals surface area contributed by atoms with Gasteiger partial charge >= 0.3 is 0 Å². The molecule has 2 heterocycles. The van der Waals surface area contributed by atoms with E-state index in [-0.39, 0.29) is 5.56 Å². The average molecular weight is 377 g/mol. The van der Waals surface area contributed by atoms with E-state index >= 15 is 0 Å². The average Bonchev–Trinajstić information content (AvgIpc) is 3.01. The highest BCUT2D eigenvalue weighted by Gasteiger charge is 2.12. The first-order valence-corrected chi connectivity index (χ1v) is 9.69. The normalized spacial score (nSPS) is 12.4. The molecule has 2 aromatic heterocycles. The summed E-state index contributed by atoms with van der Waals surface area (Å²) in [6.45, 7) is 4.97. The standard InChI is InChI=1S/C18H21ClN4OS/c1-3-5-15-10-16(24)23-18(21-15)25-17(22-23)20-11-12(4-2)13-6-8-14(19)9-7-13/h6-10,12H,3-5,11H2,1-2H3,(H,20,22). The van der Waals surface area contributed by atoms with Crippen molar-refractivity contribution in [3.63, 3.8) is 0 Å². The van der Waals surface area contributed by atoms with Gasteiger partial charge in [0.1, 0.15) is 0 Å². The van der Waals surface area contributed by atoms with Gasteiger partial charge in [0.05, 0.1) is 0 Å². The Morgan fingerprint density at radius 3 is 2.72 bits per heavy atom. The molecule has 1 atom stereocenters. The summed E-state index contributed by atoms with van der Waals surface area (Å²) < 4.78 is 1.37. The van der Waals surface area contributed by atoms with Crippen molar-refractivity contribution in [1.29, 1.82) is 0 Å². The number of nitrogens with zero attached hydrogens (tertiary/aromatic N) is 3. The number of aromatic nitrogens is 3. The third-order valence-corrected chi connectivity index (χ3v) is 5.26. The number of hydrogen-bond donors (Lipinski definition) is 1. The summed E-state index contributed by atoms with van der Waals surface area (Å²) in [4.78, 5) is 17.3. The second-order valence-corrected chi connectivity index (χ2v) is 7.37. The van der Waals surface area contributed by atoms with E-state index in [0.29, 0.717) is 16.0 Å². The molecule has 1 aromatic carbocycles. The van der Waals surface area contributed by atoms with Crippen molar-refractivity contribution >= 4 is 33.0 Å². The topological polar surface area (TPSA) is 59.3 Å². The first-order valence-electron chi connectivity index (χ1n) is 8.49. The molecule has 0 radical (unpaired) electrons. The number of benzene rings is 1. The maximum Gasteiger partial charge on any atom is 0.275 e. The first kappa shape index (κ1) is 17.9. The first-order chi connectivity index (χ1) is 12.1. The van der Waals surface area contributed by atoms with Gasteiger partial charge in [-0.1, -0.05) is 55.3 Å². The Kier molecular flexibility index (Phi) is 5.71. The summed E-state index contributed by atoms with van der Waals surface area (Å²) in [5.41, 5.74) is 1.94. The zero-order chi connectivity index (χ0) is 17.8. The van der Waals surface area contributed by atoms with Crippen LogP contribution in [-0.4, -0.2) is 21.1 Å². The lowest BCUT2D eigenvalue weighted by atomic mass is 9.97. The van der Waals surface area contributed by atoms with E-state index in [1.54, 1.807) is 6.07 Å². The number of hydrogen-bond acceptors (Lipinski definition) is 5. The second kappa shape index (κ2) is 7.97. The molecular formula is C18H21ClN4OS. The van der Waals surface area contributed by atoms with E-state index in [1.807, 2.05) is 12.1 Å². The van der Waals surface area contributed by atoms with E-state index in [2.05, 4.69) is 41.4 Å². The smallest absolute Gasteiger partial charge is 0.275 e. The molecular weight excluding hydrogens is 356 g/mol. The molecule has 0 saturated heterocycles. The molecule has 3 rings (SSSR count). The zero-order valence-electron chi connectivity index (χ0n) is 14.3. The van der Waals surface area contributed by atoms with Crippen LogP contribution >= 0.6 is 22.9 Å². The molecule has 3 aromatic rings. The quantitative estimate of drug-likeness (QED) is 0.665. The van der Waals surface area contributed by atoms with Crippen LogP contribution < -0.4 is 10.9 Å². The lowest BCUT2D eigenvalue weighted by Gasteiger charge is -2.15. The van der Waals surface area contributed by atoms with Crippen LogP contribution in [0.2, 0.25) is 5.02 Å². The number of nitrogens with one attached hydrogen (secondary N) is 1. The highest BCUT2D eigenvalue weighted by Crippen LogP contribution is 2.23. The van der Waals surface area contributed by atoms with Crippen molar-refractivity contribution < 1.29 is 0 Å². The molecule has 1 N–H and O–H groups in total. The molecule has 25 heavy (non-hydrogen) atoms. The van der Waals surface area contributed by atoms with Gasteiger partial charge in [0.25, 0.3) is 5.56 Å². The van der Waals surface area contributed by atoms with Crippen molar-refractivity contribution in [2.75, 3.05) is 11.9 Å². The SMILES string of the molecule is CCCc1cc(=O)n2nc(NCC(CC)c3ccc(Cl)cc3)sc2n1. The van der Waals surface area contributed by atoms with Crippen LogP contribution in [0.4, 0.5) is 5.13 Å². The van der Waals surface area contributed by atoms with Gasteiger partial charge in [0.15, 0.2) is 0 Å². The minimum Gasteiger partial charge on any atom is -0.359 e. The third-order valence-electron chi connectivity index (χ3n) is 4.14. The van der Waals surface area contributed by atoms with Crippen LogP contribution in [-0.2, 0) is 6.42 Å². The van der Waals surface area contributed by atoms with Crippen LogP contribution in [0.25, 0.3) is 4.96 Å². The van der Waals surface area contributed by atoms with Gasteiger partial charge in [-0.3, -0.25) is 4.79 Å². The largest absolute Gasteiger partial charge is 0.359 e. The molecule has 0 aliphatic rings. The van der Waals surface area contributed by atoms with E-state index < -0.39 is 0 Å². The van der Waals surface area contributed by atoms with Gasteiger partial charge in [-0.15, -0.1) is 5.10 Å². The Morgan fingerprint density at radius 2 is 2.04 bits per heavy atom. The zero-order valence-corrected chi connectivity index (χ0v) is 15.9. The maximum atomic E-state index is 12.2. The molecule has 0 bridgehead atoms. The molecule has 0 aliphatic heterocycles. The predicted molar refractivity (Wildman–Crippen MR) is 104 cm³/mol. The predicted octanol–water partition coefficient (Wildman–Crippen LogP) is 4.36. The van der Waals surface area contributed by atoms with E-state index in [0.717, 1.165) is 36.5 Å². The third kappa shape index (κ3) is 4.19. The van der Waals surface area contributed by atoms with Gasteiger partial charge in [-0.25, -0.2) is 4.98 Å². The Bertz CT molecular complexity index is 904. The van der Waals surface area contributed by atoms with Gasteiger partial charge in [0, 0.05) is 29.2 Å². The van der Waals surface area contributed by atoms with Crippen molar-refractivity contribution in [3.05, 3.63) is 57.0 Å². The van der Waals surface area contributed by atoms with Crippen molar-refractivity contribution in [1.82, 2.24) is 14.6 Å². The van der Waals surface area contributed by atoms with Crippen LogP contribution in [0, 0.1) is 0 Å². The molecule has 1 unspecified atom stereocenters. The summed E-state index contributed by atoms with van der Waals surface area (Å²) in [6.07, 6.45) is 2.77. The van der Waals surface area contributed by atoms with Crippen LogP contribution in [0.1, 0.15) is 43.9 Å². The molecule has 0 spiro atoms. The minimum atomic E-state index is -0.123. The van der Waals surface area contributed by atoms with Gasteiger partial charge in [-0.05, 0) is 30.5 Å². The highest BCUT2D eigenvalue weighted by atomic mass is 35.5. The van der Waals surface area contributed by atoms with Gasteiger partial charge in [0.2, 0.25) is 10.1 Å². The molecule has 5 nitrogen and oxygen atoms in total. The maximum absolute atomic E-state index is 12.2. The van der Waals surface area contributed by atoms with Gasteiger partial charge in [-0.2, -0.15) is 4.52 Å². The summed E-state index contributed by atoms with van der Waals surface area (Å²) in [6, 6.07) is 9.51. The minimum absolute atomic E-state index is 0.123. The summed E-state index contributed by atoms with van der Waals surface area (Å²) in [5.74, 6) is 0.351. The number of anilines is 1. The van der Waals surface area contributed by atoms with Crippen molar-refractivity contribution in [3.8, 4) is 0 Å². The van der Waals surface area contributed by atoms with E-state index in [9.17, 15) is 4.79 Å². The Labute approximate surface area is 155 Å². The molecule has 7 heteroatoms. The molecule has 0 fully saturated rings. The number of halogens is 1. The lowest BCUT2D eigenvalue weighted by molar-refractivity contribution is 0.693. The molecule has 0 aliphatic carbocycles. The summed E-state index contributed by atoms with van der Waals surface area (Å²) >= 11 is 7.37.